The van der Waals surface area contributed by atoms with E-state index >= 15 is 0 Å². The van der Waals surface area contributed by atoms with E-state index in [2.05, 4.69) is 21.5 Å². The van der Waals surface area contributed by atoms with Crippen molar-refractivity contribution in [1.29, 1.82) is 5.26 Å². The Morgan fingerprint density at radius 2 is 2.14 bits per heavy atom. The second-order valence-corrected chi connectivity index (χ2v) is 6.93. The predicted molar refractivity (Wildman–Crippen MR) is 103 cm³/mol. The third-order valence-electron chi connectivity index (χ3n) is 5.24. The van der Waals surface area contributed by atoms with Crippen LogP contribution in [-0.2, 0) is 11.8 Å². The fraction of sp³-hybridized carbons (Fsp3) is 0.389. The molecule has 0 aromatic carbocycles. The average molecular weight is 403 g/mol. The molecule has 10 heteroatoms. The molecule has 9 nitrogen and oxygen atoms in total. The van der Waals surface area contributed by atoms with Crippen molar-refractivity contribution in [2.45, 2.75) is 19.3 Å². The summed E-state index contributed by atoms with van der Waals surface area (Å²) in [6.07, 6.45) is 3.97. The molecule has 2 aromatic heterocycles. The summed E-state index contributed by atoms with van der Waals surface area (Å²) in [6, 6.07) is 7.11. The summed E-state index contributed by atoms with van der Waals surface area (Å²) in [5, 5.41) is 25.8. The first kappa shape index (κ1) is 19.6. The maximum atomic E-state index is 12.9. The van der Waals surface area contributed by atoms with Gasteiger partial charge in [-0.05, 0) is 31.2 Å². The van der Waals surface area contributed by atoms with Gasteiger partial charge in [0.1, 0.15) is 16.9 Å². The Hall–Kier alpha value is -3.12. The van der Waals surface area contributed by atoms with Crippen LogP contribution < -0.4 is 10.2 Å². The number of carboxylic acids is 1. The number of hydrogen-bond acceptors (Lipinski definition) is 6. The van der Waals surface area contributed by atoms with Gasteiger partial charge in [0.25, 0.3) is 0 Å². The van der Waals surface area contributed by atoms with Crippen LogP contribution in [0.25, 0.3) is 0 Å². The van der Waals surface area contributed by atoms with E-state index in [1.54, 1.807) is 30.3 Å². The number of rotatable bonds is 5. The van der Waals surface area contributed by atoms with E-state index in [0.29, 0.717) is 30.3 Å². The van der Waals surface area contributed by atoms with Crippen molar-refractivity contribution in [2.75, 3.05) is 16.8 Å². The summed E-state index contributed by atoms with van der Waals surface area (Å²) in [5.41, 5.74) is -0.190. The Bertz CT molecular complexity index is 980. The van der Waals surface area contributed by atoms with Crippen LogP contribution in [0.3, 0.4) is 0 Å². The molecule has 3 heterocycles. The van der Waals surface area contributed by atoms with Crippen molar-refractivity contribution in [1.82, 2.24) is 14.8 Å². The fourth-order valence-corrected chi connectivity index (χ4v) is 3.65. The SMILES string of the molecule is Cl.Cn1nc(Nc2cc(N3CC[C@@](C#N)(C4CC4)C3=O)ccn2)cc1C(=O)O. The van der Waals surface area contributed by atoms with Gasteiger partial charge in [0.15, 0.2) is 5.82 Å². The molecule has 28 heavy (non-hydrogen) atoms. The first-order valence-corrected chi connectivity index (χ1v) is 8.68. The van der Waals surface area contributed by atoms with Crippen LogP contribution in [0, 0.1) is 22.7 Å². The van der Waals surface area contributed by atoms with E-state index < -0.39 is 11.4 Å². The van der Waals surface area contributed by atoms with Gasteiger partial charge >= 0.3 is 5.97 Å². The van der Waals surface area contributed by atoms with Gasteiger partial charge in [0, 0.05) is 37.6 Å². The van der Waals surface area contributed by atoms with Crippen LogP contribution in [0.4, 0.5) is 17.3 Å². The topological polar surface area (TPSA) is 124 Å². The summed E-state index contributed by atoms with van der Waals surface area (Å²) >= 11 is 0. The maximum absolute atomic E-state index is 12.9. The molecule has 0 unspecified atom stereocenters. The highest BCUT2D eigenvalue weighted by molar-refractivity contribution is 6.02. The third kappa shape index (κ3) is 3.16. The molecular weight excluding hydrogens is 384 g/mol. The molecule has 2 N–H and O–H groups in total. The second kappa shape index (κ2) is 7.13. The van der Waals surface area contributed by atoms with Crippen molar-refractivity contribution < 1.29 is 14.7 Å². The molecule has 0 spiro atoms. The highest BCUT2D eigenvalue weighted by Gasteiger charge is 2.56. The first-order chi connectivity index (χ1) is 12.9. The Balaban J connectivity index is 0.00000225. The zero-order chi connectivity index (χ0) is 19.2. The largest absolute Gasteiger partial charge is 0.477 e. The van der Waals surface area contributed by atoms with Gasteiger partial charge in [-0.3, -0.25) is 9.48 Å². The van der Waals surface area contributed by atoms with Gasteiger partial charge < -0.3 is 15.3 Å². The predicted octanol–water partition coefficient (Wildman–Crippen LogP) is 2.34. The number of carbonyl (C=O) groups excluding carboxylic acids is 1. The molecule has 2 aliphatic rings. The number of nitriles is 1. The highest BCUT2D eigenvalue weighted by Crippen LogP contribution is 2.51. The quantitative estimate of drug-likeness (QED) is 0.786. The molecule has 1 saturated heterocycles. The molecule has 1 aliphatic carbocycles. The lowest BCUT2D eigenvalue weighted by atomic mass is 9.83. The van der Waals surface area contributed by atoms with Gasteiger partial charge in [-0.1, -0.05) is 0 Å². The Morgan fingerprint density at radius 3 is 2.75 bits per heavy atom. The smallest absolute Gasteiger partial charge is 0.354 e. The molecule has 2 aromatic rings. The lowest BCUT2D eigenvalue weighted by molar-refractivity contribution is -0.123. The first-order valence-electron chi connectivity index (χ1n) is 8.68. The normalized spacial score (nSPS) is 21.1. The molecule has 1 atom stereocenters. The number of aromatic nitrogens is 3. The molecule has 146 valence electrons. The van der Waals surface area contributed by atoms with Gasteiger partial charge in [-0.25, -0.2) is 9.78 Å². The van der Waals surface area contributed by atoms with Gasteiger partial charge in [0.2, 0.25) is 5.91 Å². The molecule has 2 fully saturated rings. The molecule has 1 aliphatic heterocycles. The summed E-state index contributed by atoms with van der Waals surface area (Å²) < 4.78 is 1.26. The van der Waals surface area contributed by atoms with Crippen LogP contribution in [-0.4, -0.2) is 38.3 Å². The van der Waals surface area contributed by atoms with Crippen molar-refractivity contribution >= 4 is 41.6 Å². The number of aromatic carboxylic acids is 1. The number of amides is 1. The van der Waals surface area contributed by atoms with Crippen molar-refractivity contribution in [3.8, 4) is 6.07 Å². The lowest BCUT2D eigenvalue weighted by Crippen LogP contribution is -2.35. The number of nitrogens with zero attached hydrogens (tertiary/aromatic N) is 5. The van der Waals surface area contributed by atoms with Crippen LogP contribution >= 0.6 is 12.4 Å². The third-order valence-corrected chi connectivity index (χ3v) is 5.24. The van der Waals surface area contributed by atoms with Crippen LogP contribution in [0.2, 0.25) is 0 Å². The van der Waals surface area contributed by atoms with E-state index in [0.717, 1.165) is 12.8 Å². The zero-order valence-electron chi connectivity index (χ0n) is 15.1. The van der Waals surface area contributed by atoms with Gasteiger partial charge in [-0.2, -0.15) is 10.4 Å². The number of pyridine rings is 1. The number of hydrogen-bond donors (Lipinski definition) is 2. The number of anilines is 3. The summed E-state index contributed by atoms with van der Waals surface area (Å²) in [5.74, 6) is -0.263. The number of carboxylic acid groups (broad SMARTS) is 1. The Labute approximate surface area is 167 Å². The van der Waals surface area contributed by atoms with E-state index in [1.165, 1.54) is 10.7 Å². The zero-order valence-corrected chi connectivity index (χ0v) is 15.9. The lowest BCUT2D eigenvalue weighted by Gasteiger charge is -2.21. The second-order valence-electron chi connectivity index (χ2n) is 6.93. The molecule has 1 saturated carbocycles. The summed E-state index contributed by atoms with van der Waals surface area (Å²) in [4.78, 5) is 29.9. The summed E-state index contributed by atoms with van der Waals surface area (Å²) in [7, 11) is 1.54. The number of halogens is 1. The Morgan fingerprint density at radius 1 is 1.39 bits per heavy atom. The molecule has 0 radical (unpaired) electrons. The van der Waals surface area contributed by atoms with E-state index in [1.807, 2.05) is 0 Å². The number of aryl methyl sites for hydroxylation is 1. The number of nitrogens with one attached hydrogen (secondary N) is 1. The number of carbonyl (C=O) groups is 2. The van der Waals surface area contributed by atoms with Crippen molar-refractivity contribution in [3.63, 3.8) is 0 Å². The van der Waals surface area contributed by atoms with Crippen LogP contribution in [0.1, 0.15) is 29.8 Å². The fourth-order valence-electron chi connectivity index (χ4n) is 3.65. The molecule has 4 rings (SSSR count). The average Bonchev–Trinajstić information content (AvgIpc) is 3.35. The molecule has 1 amide bonds. The van der Waals surface area contributed by atoms with Crippen molar-refractivity contribution in [3.05, 3.63) is 30.1 Å². The van der Waals surface area contributed by atoms with Crippen LogP contribution in [0.5, 0.6) is 0 Å². The monoisotopic (exact) mass is 402 g/mol. The van der Waals surface area contributed by atoms with Crippen LogP contribution in [0.15, 0.2) is 24.4 Å². The maximum Gasteiger partial charge on any atom is 0.354 e. The van der Waals surface area contributed by atoms with Gasteiger partial charge in [0.05, 0.1) is 6.07 Å². The summed E-state index contributed by atoms with van der Waals surface area (Å²) in [6.45, 7) is 0.499. The van der Waals surface area contributed by atoms with E-state index in [9.17, 15) is 14.9 Å². The van der Waals surface area contributed by atoms with Crippen molar-refractivity contribution in [2.24, 2.45) is 18.4 Å². The standard InChI is InChI=1S/C18H18N6O3.ClH/c1-23-13(16(25)26)9-15(22-23)21-14-8-12(4-6-20-14)24-7-5-18(10-19,17(24)27)11-2-3-11;/h4,6,8-9,11H,2-3,5,7H2,1H3,(H,25,26)(H,20,21,22);1H/t18-;/m1./s1. The van der Waals surface area contributed by atoms with E-state index in [4.69, 9.17) is 5.11 Å². The molecular formula is C18H19ClN6O3. The molecule has 0 bridgehead atoms. The highest BCUT2D eigenvalue weighted by atomic mass is 35.5. The van der Waals surface area contributed by atoms with E-state index in [-0.39, 0.29) is 29.9 Å². The minimum atomic E-state index is -1.07. The van der Waals surface area contributed by atoms with Gasteiger partial charge in [-0.15, -0.1) is 12.4 Å². The minimum absolute atomic E-state index is 0. The minimum Gasteiger partial charge on any atom is -0.477 e. The Kier molecular flexibility index (Phi) is 5.00.